The summed E-state index contributed by atoms with van der Waals surface area (Å²) in [5.74, 6) is 0. The van der Waals surface area contributed by atoms with Gasteiger partial charge in [0.25, 0.3) is 0 Å². The van der Waals surface area contributed by atoms with Crippen molar-refractivity contribution >= 4 is 32.9 Å². The Morgan fingerprint density at radius 3 is 1.69 bits per heavy atom. The Labute approximate surface area is 207 Å². The van der Waals surface area contributed by atoms with Crippen LogP contribution in [-0.4, -0.2) is 10.2 Å². The number of hydrogen-bond donors (Lipinski definition) is 2. The largest absolute Gasteiger partial charge is 0.384 e. The van der Waals surface area contributed by atoms with Crippen molar-refractivity contribution in [2.45, 2.75) is 12.2 Å². The maximum Gasteiger partial charge on any atom is 0.105 e. The fourth-order valence-electron chi connectivity index (χ4n) is 5.71. The lowest BCUT2D eigenvalue weighted by Gasteiger charge is -2.34. The highest BCUT2D eigenvalue weighted by atomic mass is 32.1. The first-order valence-electron chi connectivity index (χ1n) is 11.8. The summed E-state index contributed by atoms with van der Waals surface area (Å²) in [6.07, 6.45) is -1.70. The maximum absolute atomic E-state index is 12.0. The molecule has 3 heteroatoms. The van der Waals surface area contributed by atoms with E-state index in [0.717, 1.165) is 65.4 Å². The van der Waals surface area contributed by atoms with Crippen LogP contribution in [-0.2, 0) is 0 Å². The van der Waals surface area contributed by atoms with Crippen molar-refractivity contribution in [3.05, 3.63) is 131 Å². The first-order chi connectivity index (χ1) is 17.2. The molecule has 1 aliphatic carbocycles. The Balaban J connectivity index is 1.66. The molecule has 1 aromatic heterocycles. The summed E-state index contributed by atoms with van der Waals surface area (Å²) in [6.45, 7) is 0. The second-order valence-corrected chi connectivity index (χ2v) is 10.0. The predicted octanol–water partition coefficient (Wildman–Crippen LogP) is 7.87. The van der Waals surface area contributed by atoms with Gasteiger partial charge in [0.05, 0.1) is 0 Å². The van der Waals surface area contributed by atoms with Gasteiger partial charge in [-0.15, -0.1) is 11.3 Å². The first kappa shape index (κ1) is 20.6. The van der Waals surface area contributed by atoms with Gasteiger partial charge in [0.2, 0.25) is 0 Å². The minimum atomic E-state index is -0.855. The Bertz CT molecular complexity index is 1720. The van der Waals surface area contributed by atoms with Gasteiger partial charge in [-0.1, -0.05) is 84.9 Å². The van der Waals surface area contributed by atoms with E-state index in [1.165, 1.54) is 0 Å². The summed E-state index contributed by atoms with van der Waals surface area (Å²) in [5, 5.41) is 30.3. The molecule has 0 spiro atoms. The minimum Gasteiger partial charge on any atom is -0.384 e. The molecule has 2 unspecified atom stereocenters. The summed E-state index contributed by atoms with van der Waals surface area (Å²) in [7, 11) is 0. The Hall–Kier alpha value is -3.76. The molecular weight excluding hydrogens is 448 g/mol. The van der Waals surface area contributed by atoms with Gasteiger partial charge in [-0.05, 0) is 67.4 Å². The van der Waals surface area contributed by atoms with Crippen LogP contribution in [0.4, 0.5) is 0 Å². The molecule has 1 aliphatic rings. The molecule has 2 atom stereocenters. The Morgan fingerprint density at radius 1 is 0.543 bits per heavy atom. The predicted molar refractivity (Wildman–Crippen MR) is 145 cm³/mol. The van der Waals surface area contributed by atoms with Crippen LogP contribution in [0.25, 0.3) is 43.1 Å². The molecule has 168 valence electrons. The summed E-state index contributed by atoms with van der Waals surface area (Å²) < 4.78 is 0. The molecule has 2 nitrogen and oxygen atoms in total. The average molecular weight is 471 g/mol. The zero-order chi connectivity index (χ0) is 23.5. The number of rotatable bonds is 2. The van der Waals surface area contributed by atoms with Gasteiger partial charge in [0.15, 0.2) is 0 Å². The van der Waals surface area contributed by atoms with Crippen molar-refractivity contribution in [2.24, 2.45) is 0 Å². The van der Waals surface area contributed by atoms with Gasteiger partial charge < -0.3 is 10.2 Å². The SMILES string of the molecule is OC1c2cc3ccccc3cc2C(O)c2c1c(-c1ccccc1)c1ccccc1c2-c1cccs1. The van der Waals surface area contributed by atoms with Crippen molar-refractivity contribution in [3.63, 3.8) is 0 Å². The van der Waals surface area contributed by atoms with E-state index in [9.17, 15) is 10.2 Å². The molecule has 6 aromatic rings. The second-order valence-electron chi connectivity index (χ2n) is 9.10. The standard InChI is InChI=1S/C32H22O2S/c33-31-24-17-20-11-4-5-12-21(20)18-25(24)32(34)30-28(26-15-8-16-35-26)23-14-7-6-13-22(23)27(29(30)31)19-9-2-1-3-10-19/h1-18,31-34H. The van der Waals surface area contributed by atoms with Gasteiger partial charge in [-0.25, -0.2) is 0 Å². The van der Waals surface area contributed by atoms with E-state index in [0.29, 0.717) is 0 Å². The van der Waals surface area contributed by atoms with Gasteiger partial charge in [-0.3, -0.25) is 0 Å². The van der Waals surface area contributed by atoms with Crippen LogP contribution in [0, 0.1) is 0 Å². The van der Waals surface area contributed by atoms with E-state index in [1.807, 2.05) is 60.7 Å². The van der Waals surface area contributed by atoms with E-state index in [2.05, 4.69) is 47.8 Å². The lowest BCUT2D eigenvalue weighted by atomic mass is 9.73. The number of aliphatic hydroxyl groups is 2. The summed E-state index contributed by atoms with van der Waals surface area (Å²) in [5.41, 5.74) is 6.18. The number of benzene rings is 5. The van der Waals surface area contributed by atoms with Crippen LogP contribution >= 0.6 is 11.3 Å². The second kappa shape index (κ2) is 7.89. The summed E-state index contributed by atoms with van der Waals surface area (Å²) in [6, 6.07) is 34.9. The van der Waals surface area contributed by atoms with Crippen LogP contribution in [0.5, 0.6) is 0 Å². The summed E-state index contributed by atoms with van der Waals surface area (Å²) >= 11 is 1.66. The molecule has 1 heterocycles. The molecule has 0 aliphatic heterocycles. The molecule has 0 saturated carbocycles. The van der Waals surface area contributed by atoms with E-state index in [-0.39, 0.29) is 0 Å². The highest BCUT2D eigenvalue weighted by molar-refractivity contribution is 7.13. The molecule has 0 bridgehead atoms. The molecule has 2 N–H and O–H groups in total. The van der Waals surface area contributed by atoms with Crippen molar-refractivity contribution in [2.75, 3.05) is 0 Å². The molecule has 0 amide bonds. The molecule has 0 fully saturated rings. The lowest BCUT2D eigenvalue weighted by Crippen LogP contribution is -2.20. The normalized spacial score (nSPS) is 16.9. The zero-order valence-electron chi connectivity index (χ0n) is 18.8. The fourth-order valence-corrected chi connectivity index (χ4v) is 6.51. The Morgan fingerprint density at radius 2 is 1.09 bits per heavy atom. The van der Waals surface area contributed by atoms with Crippen LogP contribution < -0.4 is 0 Å². The third kappa shape index (κ3) is 3.03. The first-order valence-corrected chi connectivity index (χ1v) is 12.7. The third-order valence-corrected chi connectivity index (χ3v) is 8.10. The zero-order valence-corrected chi connectivity index (χ0v) is 19.7. The van der Waals surface area contributed by atoms with E-state index in [1.54, 1.807) is 11.3 Å². The topological polar surface area (TPSA) is 40.5 Å². The maximum atomic E-state index is 12.0. The van der Waals surface area contributed by atoms with Crippen LogP contribution in [0.15, 0.2) is 109 Å². The number of thiophene rings is 1. The third-order valence-electron chi connectivity index (χ3n) is 7.21. The van der Waals surface area contributed by atoms with Crippen LogP contribution in [0.2, 0.25) is 0 Å². The van der Waals surface area contributed by atoms with E-state index < -0.39 is 12.2 Å². The highest BCUT2D eigenvalue weighted by Crippen LogP contribution is 2.53. The van der Waals surface area contributed by atoms with Crippen molar-refractivity contribution < 1.29 is 10.2 Å². The van der Waals surface area contributed by atoms with Gasteiger partial charge in [0, 0.05) is 21.6 Å². The summed E-state index contributed by atoms with van der Waals surface area (Å²) in [4.78, 5) is 1.09. The number of fused-ring (bicyclic) bond motifs is 4. The number of hydrogen-bond acceptors (Lipinski definition) is 3. The smallest absolute Gasteiger partial charge is 0.105 e. The average Bonchev–Trinajstić information content (AvgIpc) is 3.44. The Kier molecular flexibility index (Phi) is 4.64. The molecule has 0 radical (unpaired) electrons. The lowest BCUT2D eigenvalue weighted by molar-refractivity contribution is 0.175. The quantitative estimate of drug-likeness (QED) is 0.270. The minimum absolute atomic E-state index is 0.772. The van der Waals surface area contributed by atoms with Gasteiger partial charge in [-0.2, -0.15) is 0 Å². The molecule has 35 heavy (non-hydrogen) atoms. The number of aliphatic hydroxyl groups excluding tert-OH is 2. The van der Waals surface area contributed by atoms with Crippen LogP contribution in [0.3, 0.4) is 0 Å². The van der Waals surface area contributed by atoms with E-state index >= 15 is 0 Å². The van der Waals surface area contributed by atoms with Crippen LogP contribution in [0.1, 0.15) is 34.5 Å². The molecule has 5 aromatic carbocycles. The van der Waals surface area contributed by atoms with Crippen molar-refractivity contribution in [3.8, 4) is 21.6 Å². The van der Waals surface area contributed by atoms with E-state index in [4.69, 9.17) is 0 Å². The molecule has 7 rings (SSSR count). The van der Waals surface area contributed by atoms with Crippen molar-refractivity contribution in [1.82, 2.24) is 0 Å². The molecule has 0 saturated heterocycles. The monoisotopic (exact) mass is 470 g/mol. The van der Waals surface area contributed by atoms with Gasteiger partial charge in [0.1, 0.15) is 12.2 Å². The van der Waals surface area contributed by atoms with Gasteiger partial charge >= 0.3 is 0 Å². The fraction of sp³-hybridized carbons (Fsp3) is 0.0625. The molecular formula is C32H22O2S. The highest BCUT2D eigenvalue weighted by Gasteiger charge is 2.36. The van der Waals surface area contributed by atoms with Crippen molar-refractivity contribution in [1.29, 1.82) is 0 Å².